The summed E-state index contributed by atoms with van der Waals surface area (Å²) >= 11 is 0. The molecule has 1 saturated heterocycles. The number of hydrogen-bond donors (Lipinski definition) is 4. The van der Waals surface area contributed by atoms with E-state index in [0.29, 0.717) is 35.6 Å². The van der Waals surface area contributed by atoms with Gasteiger partial charge in [-0.05, 0) is 67.8 Å². The standard InChI is InChI=1S/C27H31N3O4/c1-16-12-19(25(33)29-20-6-9-28-10-7-20)14-27(34)22-13-18-4-5-21(31)24(32)23(18)26(16,27)8-11-30(22)15-17-2-3-17/h4-7,9-10,12,16-17,22,31-32,34H,2-3,8,11,13-15H2,1H3,(H,28,29,33)/t16-,22+,26+,27+/m0/s1. The van der Waals surface area contributed by atoms with Gasteiger partial charge in [0, 0.05) is 53.6 Å². The van der Waals surface area contributed by atoms with Crippen molar-refractivity contribution < 1.29 is 20.1 Å². The van der Waals surface area contributed by atoms with E-state index in [0.717, 1.165) is 18.7 Å². The summed E-state index contributed by atoms with van der Waals surface area (Å²) in [6.45, 7) is 3.81. The lowest BCUT2D eigenvalue weighted by Crippen LogP contribution is -2.74. The summed E-state index contributed by atoms with van der Waals surface area (Å²) < 4.78 is 0. The summed E-state index contributed by atoms with van der Waals surface area (Å²) in [6, 6.07) is 6.77. The van der Waals surface area contributed by atoms with Crippen molar-refractivity contribution in [3.8, 4) is 11.5 Å². The summed E-state index contributed by atoms with van der Waals surface area (Å²) in [7, 11) is 0. The highest BCUT2D eigenvalue weighted by Crippen LogP contribution is 2.62. The average Bonchev–Trinajstić information content (AvgIpc) is 3.62. The molecule has 6 rings (SSSR count). The van der Waals surface area contributed by atoms with Crippen molar-refractivity contribution in [3.05, 3.63) is 59.4 Å². The number of likely N-dealkylation sites (tertiary alicyclic amines) is 1. The molecule has 7 nitrogen and oxygen atoms in total. The van der Waals surface area contributed by atoms with Gasteiger partial charge < -0.3 is 20.6 Å². The topological polar surface area (TPSA) is 106 Å². The molecule has 7 heteroatoms. The predicted molar refractivity (Wildman–Crippen MR) is 128 cm³/mol. The van der Waals surface area contributed by atoms with Gasteiger partial charge in [-0.15, -0.1) is 0 Å². The maximum absolute atomic E-state index is 13.3. The Morgan fingerprint density at radius 1 is 1.21 bits per heavy atom. The van der Waals surface area contributed by atoms with Crippen LogP contribution in [-0.4, -0.2) is 55.8 Å². The molecule has 2 heterocycles. The van der Waals surface area contributed by atoms with Gasteiger partial charge in [-0.3, -0.25) is 14.7 Å². The Hall–Kier alpha value is -2.90. The van der Waals surface area contributed by atoms with Gasteiger partial charge in [-0.1, -0.05) is 19.1 Å². The molecule has 3 aliphatic carbocycles. The number of rotatable bonds is 4. The largest absolute Gasteiger partial charge is 0.504 e. The quantitative estimate of drug-likeness (QED) is 0.522. The Kier molecular flexibility index (Phi) is 4.80. The first-order chi connectivity index (χ1) is 16.3. The van der Waals surface area contributed by atoms with E-state index in [-0.39, 0.29) is 35.8 Å². The number of carbonyl (C=O) groups is 1. The molecule has 0 spiro atoms. The van der Waals surface area contributed by atoms with Crippen LogP contribution in [0.15, 0.2) is 48.3 Å². The molecule has 178 valence electrons. The predicted octanol–water partition coefficient (Wildman–Crippen LogP) is 3.11. The number of allylic oxidation sites excluding steroid dienone is 1. The zero-order chi connectivity index (χ0) is 23.7. The molecule has 1 aliphatic heterocycles. The third-order valence-electron chi connectivity index (χ3n) is 8.77. The van der Waals surface area contributed by atoms with E-state index < -0.39 is 11.0 Å². The van der Waals surface area contributed by atoms with Crippen LogP contribution in [0.5, 0.6) is 11.5 Å². The van der Waals surface area contributed by atoms with Crippen LogP contribution in [0.1, 0.15) is 43.7 Å². The number of anilines is 1. The molecule has 4 aliphatic rings. The van der Waals surface area contributed by atoms with E-state index in [1.165, 1.54) is 12.8 Å². The van der Waals surface area contributed by atoms with Crippen molar-refractivity contribution in [2.24, 2.45) is 11.8 Å². The monoisotopic (exact) mass is 461 g/mol. The minimum atomic E-state index is -1.24. The van der Waals surface area contributed by atoms with Crippen LogP contribution in [-0.2, 0) is 16.6 Å². The maximum Gasteiger partial charge on any atom is 0.251 e. The van der Waals surface area contributed by atoms with Gasteiger partial charge in [0.05, 0.1) is 5.60 Å². The number of nitrogens with one attached hydrogen (secondary N) is 1. The number of amides is 1. The molecule has 2 bridgehead atoms. The Labute approximate surface area is 199 Å². The molecule has 2 fully saturated rings. The molecule has 1 saturated carbocycles. The average molecular weight is 462 g/mol. The normalized spacial score (nSPS) is 32.4. The molecule has 4 N–H and O–H groups in total. The van der Waals surface area contributed by atoms with E-state index in [4.69, 9.17) is 0 Å². The van der Waals surface area contributed by atoms with Crippen molar-refractivity contribution in [2.75, 3.05) is 18.4 Å². The van der Waals surface area contributed by atoms with Gasteiger partial charge in [0.15, 0.2) is 11.5 Å². The SMILES string of the molecule is C[C@H]1C=C(C(=O)Nc2ccncc2)C[C@@]2(O)[C@H]3Cc4ccc(O)c(O)c4[C@@]12CCN3CC1CC1. The van der Waals surface area contributed by atoms with E-state index in [9.17, 15) is 20.1 Å². The number of pyridine rings is 1. The Bertz CT molecular complexity index is 1180. The van der Waals surface area contributed by atoms with Crippen molar-refractivity contribution in [3.63, 3.8) is 0 Å². The van der Waals surface area contributed by atoms with Gasteiger partial charge in [-0.2, -0.15) is 0 Å². The van der Waals surface area contributed by atoms with Gasteiger partial charge in [-0.25, -0.2) is 0 Å². The number of nitrogens with zero attached hydrogens (tertiary/aromatic N) is 2. The summed E-state index contributed by atoms with van der Waals surface area (Å²) in [5.74, 6) is -0.0423. The molecular formula is C27H31N3O4. The van der Waals surface area contributed by atoms with Crippen LogP contribution in [0.25, 0.3) is 0 Å². The van der Waals surface area contributed by atoms with E-state index in [1.807, 2.05) is 19.1 Å². The van der Waals surface area contributed by atoms with E-state index >= 15 is 0 Å². The Morgan fingerprint density at radius 3 is 2.71 bits per heavy atom. The summed E-state index contributed by atoms with van der Waals surface area (Å²) in [5.41, 5.74) is 0.855. The molecule has 4 atom stereocenters. The molecular weight excluding hydrogens is 430 g/mol. The third-order valence-corrected chi connectivity index (χ3v) is 8.77. The van der Waals surface area contributed by atoms with E-state index in [2.05, 4.69) is 15.2 Å². The zero-order valence-corrected chi connectivity index (χ0v) is 19.4. The zero-order valence-electron chi connectivity index (χ0n) is 19.4. The second-order valence-corrected chi connectivity index (χ2v) is 10.6. The minimum Gasteiger partial charge on any atom is -0.504 e. The lowest BCUT2D eigenvalue weighted by molar-refractivity contribution is -0.164. The van der Waals surface area contributed by atoms with Crippen molar-refractivity contribution in [2.45, 2.75) is 56.1 Å². The number of aromatic nitrogens is 1. The lowest BCUT2D eigenvalue weighted by atomic mass is 9.46. The van der Waals surface area contributed by atoms with Crippen molar-refractivity contribution in [1.29, 1.82) is 0 Å². The number of fused-ring (bicyclic) bond motifs is 1. The number of phenolic OH excluding ortho intramolecular Hbond substituents is 2. The van der Waals surface area contributed by atoms with Gasteiger partial charge >= 0.3 is 0 Å². The second kappa shape index (κ2) is 7.55. The highest BCUT2D eigenvalue weighted by atomic mass is 16.3. The fourth-order valence-corrected chi connectivity index (χ4v) is 7.00. The first kappa shape index (κ1) is 21.6. The first-order valence-corrected chi connectivity index (χ1v) is 12.3. The third kappa shape index (κ3) is 3.03. The fourth-order valence-electron chi connectivity index (χ4n) is 7.00. The van der Waals surface area contributed by atoms with Gasteiger partial charge in [0.1, 0.15) is 0 Å². The number of carbonyl (C=O) groups excluding carboxylic acids is 1. The van der Waals surface area contributed by atoms with Gasteiger partial charge in [0.25, 0.3) is 5.91 Å². The maximum atomic E-state index is 13.3. The number of aromatic hydroxyl groups is 2. The summed E-state index contributed by atoms with van der Waals surface area (Å²) in [4.78, 5) is 19.7. The van der Waals surface area contributed by atoms with Crippen molar-refractivity contribution >= 4 is 11.6 Å². The molecule has 0 radical (unpaired) electrons. The van der Waals surface area contributed by atoms with Crippen LogP contribution in [0.4, 0.5) is 5.69 Å². The van der Waals surface area contributed by atoms with Crippen LogP contribution in [0.3, 0.4) is 0 Å². The fraction of sp³-hybridized carbons (Fsp3) is 0.481. The molecule has 1 aromatic carbocycles. The van der Waals surface area contributed by atoms with Crippen LogP contribution in [0.2, 0.25) is 0 Å². The highest BCUT2D eigenvalue weighted by molar-refractivity contribution is 6.04. The molecule has 34 heavy (non-hydrogen) atoms. The first-order valence-electron chi connectivity index (χ1n) is 12.3. The highest BCUT2D eigenvalue weighted by Gasteiger charge is 2.67. The van der Waals surface area contributed by atoms with Crippen molar-refractivity contribution in [1.82, 2.24) is 9.88 Å². The smallest absolute Gasteiger partial charge is 0.251 e. The molecule has 2 aromatic rings. The number of phenols is 2. The van der Waals surface area contributed by atoms with E-state index in [1.54, 1.807) is 30.6 Å². The Morgan fingerprint density at radius 2 is 1.97 bits per heavy atom. The lowest BCUT2D eigenvalue weighted by Gasteiger charge is -2.65. The second-order valence-electron chi connectivity index (χ2n) is 10.6. The number of piperidine rings is 1. The van der Waals surface area contributed by atoms with Crippen LogP contribution in [0, 0.1) is 11.8 Å². The minimum absolute atomic E-state index is 0.130. The number of benzene rings is 1. The van der Waals surface area contributed by atoms with Crippen LogP contribution >= 0.6 is 0 Å². The Balaban J connectivity index is 1.45. The molecule has 1 aromatic heterocycles. The number of aliphatic hydroxyl groups is 1. The molecule has 1 amide bonds. The summed E-state index contributed by atoms with van der Waals surface area (Å²) in [6.07, 6.45) is 9.12. The number of hydrogen-bond acceptors (Lipinski definition) is 6. The molecule has 0 unspecified atom stereocenters. The summed E-state index contributed by atoms with van der Waals surface area (Å²) in [5, 5.41) is 37.0. The van der Waals surface area contributed by atoms with Crippen LogP contribution < -0.4 is 5.32 Å². The van der Waals surface area contributed by atoms with Gasteiger partial charge in [0.2, 0.25) is 0 Å².